The lowest BCUT2D eigenvalue weighted by Gasteiger charge is -2.45. The fourth-order valence-corrected chi connectivity index (χ4v) is 8.43. The molecule has 3 saturated heterocycles. The molecular formula is C42H57N3O18. The smallest absolute Gasteiger partial charge is 0.415 e. The molecule has 1 amide bonds. The Morgan fingerprint density at radius 1 is 0.921 bits per heavy atom. The van der Waals surface area contributed by atoms with Gasteiger partial charge in [-0.2, -0.15) is 0 Å². The molecule has 21 heteroatoms. The lowest BCUT2D eigenvalue weighted by atomic mass is 9.67. The highest BCUT2D eigenvalue weighted by Crippen LogP contribution is 2.56. The van der Waals surface area contributed by atoms with Crippen LogP contribution < -0.4 is 30.0 Å². The Kier molecular flexibility index (Phi) is 16.1. The van der Waals surface area contributed by atoms with Crippen LogP contribution in [0.25, 0.3) is 0 Å². The van der Waals surface area contributed by atoms with E-state index in [4.69, 9.17) is 57.8 Å². The number of cyclic esters (lactones) is 1. The van der Waals surface area contributed by atoms with Gasteiger partial charge in [-0.25, -0.2) is 4.79 Å². The van der Waals surface area contributed by atoms with Crippen LogP contribution in [0.15, 0.2) is 18.2 Å². The van der Waals surface area contributed by atoms with Gasteiger partial charge in [-0.05, 0) is 42.7 Å². The summed E-state index contributed by atoms with van der Waals surface area (Å²) in [6.45, 7) is 3.17. The van der Waals surface area contributed by atoms with Crippen molar-refractivity contribution in [2.75, 3.05) is 92.9 Å². The molecule has 6 unspecified atom stereocenters. The molecule has 2 aromatic carbocycles. The topological polar surface area (TPSA) is 275 Å². The Morgan fingerprint density at radius 2 is 1.65 bits per heavy atom. The summed E-state index contributed by atoms with van der Waals surface area (Å²) < 4.78 is 62.8. The average Bonchev–Trinajstić information content (AvgIpc) is 3.91. The number of carbonyl (C=O) groups is 3. The van der Waals surface area contributed by atoms with Crippen LogP contribution in [0, 0.1) is 11.8 Å². The van der Waals surface area contributed by atoms with Crippen LogP contribution in [-0.2, 0) is 62.4 Å². The number of nitrogens with two attached hydrogens (primary N) is 1. The van der Waals surface area contributed by atoms with E-state index < -0.39 is 74.1 Å². The Hall–Kier alpha value is -4.23. The van der Waals surface area contributed by atoms with Crippen molar-refractivity contribution < 1.29 is 86.9 Å². The van der Waals surface area contributed by atoms with E-state index in [0.29, 0.717) is 61.8 Å². The highest BCUT2D eigenvalue weighted by molar-refractivity contribution is 5.81. The molecule has 9 atom stereocenters. The molecule has 1 aliphatic carbocycles. The maximum atomic E-state index is 13.5. The molecule has 4 heterocycles. The number of hydrogen-bond donors (Lipinski definition) is 6. The second-order valence-corrected chi connectivity index (χ2v) is 15.8. The van der Waals surface area contributed by atoms with Gasteiger partial charge in [0.1, 0.15) is 36.8 Å². The molecule has 0 saturated carbocycles. The number of amides is 1. The number of benzene rings is 2. The standard InChI is InChI=1S/C42H57N3O18/c1-22-56-20-31-38(60-22)34(49)35(50)41(61-31)62-37-29-13-26-18-57-40(51)33(26)32(28(29)14-30-39(37)59-21-58-30)23-11-24(16-46)36(25(12-23)17-47)63-42(52)45(2)5-4-44-15-27(48)19-55-10-9-54-8-7-53-6-3-43/h11-12,14,22,26,31-35,38,41,44,46-47,49-50H,3-10,13,15-21,43H2,1-2H3/t22?,26-,31?,32+,33-,34?,35?,38?,41?/m0/s1. The average molecular weight is 892 g/mol. The zero-order valence-corrected chi connectivity index (χ0v) is 35.3. The Balaban J connectivity index is 1.04. The van der Waals surface area contributed by atoms with E-state index >= 15 is 0 Å². The first kappa shape index (κ1) is 46.8. The number of aliphatic hydroxyl groups excluding tert-OH is 4. The normalized spacial score (nSPS) is 27.0. The summed E-state index contributed by atoms with van der Waals surface area (Å²) in [5.41, 5.74) is 7.42. The summed E-state index contributed by atoms with van der Waals surface area (Å²) in [6.07, 6.45) is -6.95. The van der Waals surface area contributed by atoms with Crippen molar-refractivity contribution in [3.05, 3.63) is 46.0 Å². The van der Waals surface area contributed by atoms with Crippen molar-refractivity contribution in [1.29, 1.82) is 0 Å². The number of aliphatic hydroxyl groups is 4. The summed E-state index contributed by atoms with van der Waals surface area (Å²) in [5.74, 6) is -1.71. The number of Topliss-reactive ketones (excluding diaryl/α,β-unsaturated/α-hetero) is 1. The molecule has 0 bridgehead atoms. The van der Waals surface area contributed by atoms with Crippen molar-refractivity contribution in [3.8, 4) is 23.0 Å². The van der Waals surface area contributed by atoms with E-state index in [1.54, 1.807) is 25.1 Å². The minimum atomic E-state index is -1.52. The summed E-state index contributed by atoms with van der Waals surface area (Å²) in [5, 5.41) is 46.5. The second-order valence-electron chi connectivity index (χ2n) is 15.8. The van der Waals surface area contributed by atoms with Crippen LogP contribution in [0.2, 0.25) is 0 Å². The fraction of sp³-hybridized carbons (Fsp3) is 0.643. The first-order valence-electron chi connectivity index (χ1n) is 21.1. The molecule has 7 N–H and O–H groups in total. The van der Waals surface area contributed by atoms with Crippen molar-refractivity contribution in [1.82, 2.24) is 10.2 Å². The lowest BCUT2D eigenvalue weighted by Crippen LogP contribution is -2.63. The fourth-order valence-electron chi connectivity index (χ4n) is 8.43. The zero-order chi connectivity index (χ0) is 44.6. The number of likely N-dealkylation sites (N-methyl/N-ethyl adjacent to an activating group) is 1. The summed E-state index contributed by atoms with van der Waals surface area (Å²) in [6, 6.07) is 4.98. The number of nitrogens with zero attached hydrogens (tertiary/aromatic N) is 1. The number of carbonyl (C=O) groups excluding carboxylic acids is 3. The van der Waals surface area contributed by atoms with Gasteiger partial charge in [0.25, 0.3) is 0 Å². The van der Waals surface area contributed by atoms with Gasteiger partial charge in [0.15, 0.2) is 23.6 Å². The number of rotatable bonds is 21. The quantitative estimate of drug-likeness (QED) is 0.0652. The highest BCUT2D eigenvalue weighted by Gasteiger charge is 2.52. The predicted molar refractivity (Wildman–Crippen MR) is 214 cm³/mol. The number of esters is 1. The monoisotopic (exact) mass is 891 g/mol. The number of ketones is 1. The maximum Gasteiger partial charge on any atom is 0.415 e. The number of ether oxygens (including phenoxy) is 11. The Bertz CT molecular complexity index is 1890. The van der Waals surface area contributed by atoms with Crippen molar-refractivity contribution in [2.45, 2.75) is 69.5 Å². The third kappa shape index (κ3) is 10.7. The SMILES string of the molecule is CC1OCC2OC(Oc3c4c(cc5c3OCO5)[C@@H](c3cc(CO)c(OC(=O)N(C)CCNCC(=O)COCCOCCOCCN)c(CO)c3)[C@H]3C(=O)OC[C@@H]3C4)C(O)C(O)C2O1. The summed E-state index contributed by atoms with van der Waals surface area (Å²) in [4.78, 5) is 40.3. The van der Waals surface area contributed by atoms with Crippen LogP contribution in [-0.4, -0.2) is 173 Å². The molecule has 5 aliphatic rings. The van der Waals surface area contributed by atoms with E-state index in [-0.39, 0.29) is 92.9 Å². The van der Waals surface area contributed by atoms with Crippen LogP contribution in [0.5, 0.6) is 23.0 Å². The molecule has 348 valence electrons. The highest BCUT2D eigenvalue weighted by atomic mass is 16.8. The lowest BCUT2D eigenvalue weighted by molar-refractivity contribution is -0.344. The van der Waals surface area contributed by atoms with Crippen molar-refractivity contribution in [2.24, 2.45) is 17.6 Å². The van der Waals surface area contributed by atoms with Crippen molar-refractivity contribution in [3.63, 3.8) is 0 Å². The molecule has 4 aliphatic heterocycles. The molecule has 21 nitrogen and oxygen atoms in total. The largest absolute Gasteiger partial charge is 0.465 e. The van der Waals surface area contributed by atoms with Gasteiger partial charge < -0.3 is 88.5 Å². The predicted octanol–water partition coefficient (Wildman–Crippen LogP) is -0.938. The van der Waals surface area contributed by atoms with Gasteiger partial charge in [-0.3, -0.25) is 9.59 Å². The summed E-state index contributed by atoms with van der Waals surface area (Å²) in [7, 11) is 1.50. The summed E-state index contributed by atoms with van der Waals surface area (Å²) >= 11 is 0. The molecule has 0 spiro atoms. The van der Waals surface area contributed by atoms with Gasteiger partial charge in [0.05, 0.1) is 71.9 Å². The molecule has 0 radical (unpaired) electrons. The molecule has 3 fully saturated rings. The zero-order valence-electron chi connectivity index (χ0n) is 35.3. The van der Waals surface area contributed by atoms with Gasteiger partial charge in [-0.15, -0.1) is 0 Å². The van der Waals surface area contributed by atoms with E-state index in [1.165, 1.54) is 11.9 Å². The van der Waals surface area contributed by atoms with Crippen molar-refractivity contribution >= 4 is 17.8 Å². The molecule has 0 aromatic heterocycles. The minimum Gasteiger partial charge on any atom is -0.465 e. The minimum absolute atomic E-state index is 0.0152. The van der Waals surface area contributed by atoms with Gasteiger partial charge in [0, 0.05) is 55.2 Å². The Labute approximate surface area is 363 Å². The van der Waals surface area contributed by atoms with Crippen LogP contribution in [0.3, 0.4) is 0 Å². The van der Waals surface area contributed by atoms with Gasteiger partial charge in [0.2, 0.25) is 18.8 Å². The van der Waals surface area contributed by atoms with E-state index in [0.717, 1.165) is 0 Å². The third-order valence-corrected chi connectivity index (χ3v) is 11.5. The Morgan fingerprint density at radius 3 is 2.38 bits per heavy atom. The van der Waals surface area contributed by atoms with Crippen LogP contribution in [0.4, 0.5) is 4.79 Å². The maximum absolute atomic E-state index is 13.5. The second kappa shape index (κ2) is 21.6. The molecule has 7 rings (SSSR count). The molecule has 63 heavy (non-hydrogen) atoms. The van der Waals surface area contributed by atoms with E-state index in [1.807, 2.05) is 0 Å². The van der Waals surface area contributed by atoms with E-state index in [9.17, 15) is 34.8 Å². The number of fused-ring (bicyclic) bond motifs is 4. The molecular weight excluding hydrogens is 834 g/mol. The first-order chi connectivity index (χ1) is 30.5. The van der Waals surface area contributed by atoms with Gasteiger partial charge in [-0.1, -0.05) is 0 Å². The third-order valence-electron chi connectivity index (χ3n) is 11.5. The van der Waals surface area contributed by atoms with Gasteiger partial charge >= 0.3 is 12.1 Å². The van der Waals surface area contributed by atoms with Crippen LogP contribution >= 0.6 is 0 Å². The number of nitrogens with one attached hydrogen (secondary N) is 1. The first-order valence-corrected chi connectivity index (χ1v) is 21.1. The number of hydrogen-bond acceptors (Lipinski definition) is 20. The van der Waals surface area contributed by atoms with Crippen LogP contribution in [0.1, 0.15) is 40.7 Å². The van der Waals surface area contributed by atoms with E-state index in [2.05, 4.69) is 5.32 Å². The molecule has 2 aromatic rings.